The third-order valence-electron chi connectivity index (χ3n) is 5.81. The molecule has 2 aromatic heterocycles. The van der Waals surface area contributed by atoms with E-state index < -0.39 is 0 Å². The number of nitrogens with one attached hydrogen (secondary N) is 1. The van der Waals surface area contributed by atoms with Gasteiger partial charge in [0.2, 0.25) is 5.88 Å². The number of ether oxygens (including phenoxy) is 1. The van der Waals surface area contributed by atoms with Crippen molar-refractivity contribution in [1.82, 2.24) is 25.4 Å². The highest BCUT2D eigenvalue weighted by Crippen LogP contribution is 2.24. The highest BCUT2D eigenvalue weighted by molar-refractivity contribution is 7.09. The van der Waals surface area contributed by atoms with E-state index >= 15 is 0 Å². The molecule has 162 valence electrons. The molecule has 2 fully saturated rings. The second-order valence-electron chi connectivity index (χ2n) is 7.99. The summed E-state index contributed by atoms with van der Waals surface area (Å²) in [7, 11) is 0. The van der Waals surface area contributed by atoms with Gasteiger partial charge in [0, 0.05) is 49.4 Å². The molecule has 1 saturated heterocycles. The number of anilines is 1. The summed E-state index contributed by atoms with van der Waals surface area (Å²) in [5, 5.41) is 14.1. The molecule has 0 radical (unpaired) electrons. The highest BCUT2D eigenvalue weighted by atomic mass is 32.1. The van der Waals surface area contributed by atoms with Crippen LogP contribution in [0.5, 0.6) is 5.88 Å². The molecule has 3 heterocycles. The smallest absolute Gasteiger partial charge is 0.258 e. The van der Waals surface area contributed by atoms with Crippen LogP contribution in [0, 0.1) is 6.92 Å². The second-order valence-corrected chi connectivity index (χ2v) is 8.94. The molecule has 0 unspecified atom stereocenters. The van der Waals surface area contributed by atoms with Crippen LogP contribution in [0.1, 0.15) is 42.8 Å². The molecule has 8 nitrogen and oxygen atoms in total. The summed E-state index contributed by atoms with van der Waals surface area (Å²) < 4.78 is 5.47. The van der Waals surface area contributed by atoms with E-state index in [0.717, 1.165) is 48.7 Å². The molecule has 30 heavy (non-hydrogen) atoms. The molecule has 2 aliphatic rings. The zero-order valence-electron chi connectivity index (χ0n) is 17.5. The maximum atomic E-state index is 12.0. The van der Waals surface area contributed by atoms with Crippen molar-refractivity contribution in [1.29, 1.82) is 0 Å². The van der Waals surface area contributed by atoms with Gasteiger partial charge >= 0.3 is 0 Å². The number of rotatable bonds is 7. The maximum absolute atomic E-state index is 12.0. The van der Waals surface area contributed by atoms with Crippen LogP contribution in [-0.4, -0.2) is 64.8 Å². The molecule has 1 saturated carbocycles. The highest BCUT2D eigenvalue weighted by Gasteiger charge is 2.25. The van der Waals surface area contributed by atoms with Gasteiger partial charge in [-0.2, -0.15) is 0 Å². The Kier molecular flexibility index (Phi) is 7.11. The van der Waals surface area contributed by atoms with Crippen LogP contribution in [0.25, 0.3) is 0 Å². The quantitative estimate of drug-likeness (QED) is 0.722. The van der Waals surface area contributed by atoms with Crippen molar-refractivity contribution in [3.8, 4) is 5.88 Å². The molecule has 1 amide bonds. The van der Waals surface area contributed by atoms with E-state index in [-0.39, 0.29) is 12.5 Å². The van der Waals surface area contributed by atoms with Gasteiger partial charge in [0.1, 0.15) is 5.01 Å². The molecule has 1 aliphatic heterocycles. The van der Waals surface area contributed by atoms with Gasteiger partial charge in [-0.05, 0) is 25.8 Å². The van der Waals surface area contributed by atoms with E-state index in [2.05, 4.69) is 30.3 Å². The fourth-order valence-corrected chi connectivity index (χ4v) is 4.88. The first-order valence-electron chi connectivity index (χ1n) is 10.8. The summed E-state index contributed by atoms with van der Waals surface area (Å²) in [5.41, 5.74) is 0.964. The molecule has 4 rings (SSSR count). The number of amides is 1. The lowest BCUT2D eigenvalue weighted by Gasteiger charge is -2.41. The number of aromatic nitrogens is 3. The maximum Gasteiger partial charge on any atom is 0.258 e. The molecule has 0 aromatic carbocycles. The van der Waals surface area contributed by atoms with Crippen LogP contribution in [0.2, 0.25) is 0 Å². The van der Waals surface area contributed by atoms with Crippen LogP contribution in [0.15, 0.2) is 17.5 Å². The van der Waals surface area contributed by atoms with Crippen molar-refractivity contribution in [2.45, 2.75) is 51.6 Å². The SMILES string of the molecule is Cc1csc(CNC(=O)COc2ccc(N3CCN(C4CCCCC4)CC3)nn2)n1. The summed E-state index contributed by atoms with van der Waals surface area (Å²) in [5.74, 6) is 1.03. The average Bonchev–Trinajstić information content (AvgIpc) is 3.22. The standard InChI is InChI=1S/C21H30N6O2S/c1-16-15-30-21(23-16)13-22-19(28)14-29-20-8-7-18(24-25-20)27-11-9-26(10-12-27)17-5-3-2-4-6-17/h7-8,15,17H,2-6,9-14H2,1H3,(H,22,28). The Bertz CT molecular complexity index is 813. The molecule has 0 bridgehead atoms. The number of hydrogen-bond donors (Lipinski definition) is 1. The first-order chi connectivity index (χ1) is 14.7. The molecule has 0 atom stereocenters. The molecule has 9 heteroatoms. The molecule has 2 aromatic rings. The van der Waals surface area contributed by atoms with Gasteiger partial charge in [-0.3, -0.25) is 9.69 Å². The summed E-state index contributed by atoms with van der Waals surface area (Å²) >= 11 is 1.53. The average molecular weight is 431 g/mol. The molecular formula is C21H30N6O2S. The number of carbonyl (C=O) groups is 1. The minimum Gasteiger partial charge on any atom is -0.466 e. The van der Waals surface area contributed by atoms with Crippen molar-refractivity contribution in [2.75, 3.05) is 37.7 Å². The van der Waals surface area contributed by atoms with Crippen LogP contribution in [0.3, 0.4) is 0 Å². The topological polar surface area (TPSA) is 83.5 Å². The number of hydrogen-bond acceptors (Lipinski definition) is 8. The van der Waals surface area contributed by atoms with Crippen molar-refractivity contribution < 1.29 is 9.53 Å². The summed E-state index contributed by atoms with van der Waals surface area (Å²) in [6.07, 6.45) is 6.85. The van der Waals surface area contributed by atoms with E-state index in [1.54, 1.807) is 6.07 Å². The van der Waals surface area contributed by atoms with Crippen molar-refractivity contribution >= 4 is 23.1 Å². The number of thiazole rings is 1. The fraction of sp³-hybridized carbons (Fsp3) is 0.619. The van der Waals surface area contributed by atoms with Gasteiger partial charge in [0.05, 0.1) is 6.54 Å². The largest absolute Gasteiger partial charge is 0.466 e. The lowest BCUT2D eigenvalue weighted by molar-refractivity contribution is -0.123. The number of aryl methyl sites for hydroxylation is 1. The van der Waals surface area contributed by atoms with E-state index in [1.807, 2.05) is 18.4 Å². The summed E-state index contributed by atoms with van der Waals surface area (Å²) in [6, 6.07) is 4.48. The minimum absolute atomic E-state index is 0.0849. The normalized spacial score (nSPS) is 18.4. The predicted molar refractivity (Wildman–Crippen MR) is 117 cm³/mol. The monoisotopic (exact) mass is 430 g/mol. The van der Waals surface area contributed by atoms with E-state index in [9.17, 15) is 4.79 Å². The van der Waals surface area contributed by atoms with Crippen LogP contribution >= 0.6 is 11.3 Å². The predicted octanol–water partition coefficient (Wildman–Crippen LogP) is 2.39. The zero-order chi connectivity index (χ0) is 20.8. The van der Waals surface area contributed by atoms with E-state index in [4.69, 9.17) is 4.74 Å². The first kappa shape index (κ1) is 21.0. The summed E-state index contributed by atoms with van der Waals surface area (Å²) in [6.45, 7) is 6.39. The Labute approximate surface area is 181 Å². The van der Waals surface area contributed by atoms with Crippen molar-refractivity contribution in [2.24, 2.45) is 0 Å². The van der Waals surface area contributed by atoms with Gasteiger partial charge in [-0.25, -0.2) is 4.98 Å². The number of piperazine rings is 1. The Balaban J connectivity index is 1.19. The van der Waals surface area contributed by atoms with E-state index in [1.165, 1.54) is 43.4 Å². The Morgan fingerprint density at radius 2 is 1.97 bits per heavy atom. The molecular weight excluding hydrogens is 400 g/mol. The van der Waals surface area contributed by atoms with Crippen LogP contribution in [0.4, 0.5) is 5.82 Å². The third-order valence-corrected chi connectivity index (χ3v) is 6.78. The Hall–Kier alpha value is -2.26. The van der Waals surface area contributed by atoms with Gasteiger partial charge in [0.25, 0.3) is 5.91 Å². The molecule has 0 spiro atoms. The van der Waals surface area contributed by atoms with Gasteiger partial charge in [-0.15, -0.1) is 21.5 Å². The number of nitrogens with zero attached hydrogens (tertiary/aromatic N) is 5. The molecule has 1 N–H and O–H groups in total. The van der Waals surface area contributed by atoms with Gasteiger partial charge in [-0.1, -0.05) is 19.3 Å². The lowest BCUT2D eigenvalue weighted by Crippen LogP contribution is -2.51. The van der Waals surface area contributed by atoms with Crippen LogP contribution in [-0.2, 0) is 11.3 Å². The zero-order valence-corrected chi connectivity index (χ0v) is 18.4. The number of carbonyl (C=O) groups excluding carboxylic acids is 1. The van der Waals surface area contributed by atoms with Gasteiger partial charge in [0.15, 0.2) is 12.4 Å². The van der Waals surface area contributed by atoms with E-state index in [0.29, 0.717) is 12.4 Å². The van der Waals surface area contributed by atoms with Crippen molar-refractivity contribution in [3.63, 3.8) is 0 Å². The second kappa shape index (κ2) is 10.2. The fourth-order valence-electron chi connectivity index (χ4n) is 4.17. The first-order valence-corrected chi connectivity index (χ1v) is 11.7. The Morgan fingerprint density at radius 1 is 1.17 bits per heavy atom. The Morgan fingerprint density at radius 3 is 2.63 bits per heavy atom. The third kappa shape index (κ3) is 5.66. The minimum atomic E-state index is -0.201. The summed E-state index contributed by atoms with van der Waals surface area (Å²) in [4.78, 5) is 21.2. The van der Waals surface area contributed by atoms with Crippen LogP contribution < -0.4 is 15.0 Å². The van der Waals surface area contributed by atoms with Crippen molar-refractivity contribution in [3.05, 3.63) is 28.2 Å². The lowest BCUT2D eigenvalue weighted by atomic mass is 9.94. The molecule has 1 aliphatic carbocycles. The van der Waals surface area contributed by atoms with Gasteiger partial charge < -0.3 is 15.0 Å².